The van der Waals surface area contributed by atoms with E-state index in [0.717, 1.165) is 44.0 Å². The molecule has 3 atom stereocenters. The predicted molar refractivity (Wildman–Crippen MR) is 98.2 cm³/mol. The van der Waals surface area contributed by atoms with E-state index in [2.05, 4.69) is 34.6 Å². The van der Waals surface area contributed by atoms with E-state index >= 15 is 0 Å². The number of nitrogens with zero attached hydrogens (tertiary/aromatic N) is 1. The van der Waals surface area contributed by atoms with Crippen LogP contribution < -0.4 is 10.6 Å². The zero-order valence-corrected chi connectivity index (χ0v) is 15.2. The zero-order chi connectivity index (χ0) is 16.9. The van der Waals surface area contributed by atoms with Crippen molar-refractivity contribution in [1.29, 1.82) is 0 Å². The highest BCUT2D eigenvalue weighted by Gasteiger charge is 2.26. The molecule has 5 heteroatoms. The van der Waals surface area contributed by atoms with Crippen LogP contribution in [0.4, 0.5) is 0 Å². The molecule has 2 aliphatic rings. The number of halogens is 1. The molecule has 1 amide bonds. The van der Waals surface area contributed by atoms with Crippen molar-refractivity contribution in [3.63, 3.8) is 0 Å². The Morgan fingerprint density at radius 3 is 2.83 bits per heavy atom. The van der Waals surface area contributed by atoms with Crippen molar-refractivity contribution in [2.24, 2.45) is 5.92 Å². The molecule has 2 N–H and O–H groups in total. The van der Waals surface area contributed by atoms with Crippen LogP contribution in [0.3, 0.4) is 0 Å². The van der Waals surface area contributed by atoms with E-state index in [-0.39, 0.29) is 11.9 Å². The van der Waals surface area contributed by atoms with Gasteiger partial charge in [-0.15, -0.1) is 0 Å². The second-order valence-electron chi connectivity index (χ2n) is 7.12. The summed E-state index contributed by atoms with van der Waals surface area (Å²) in [5.74, 6) is 0.717. The average molecular weight is 350 g/mol. The maximum Gasteiger partial charge on any atom is 0.237 e. The SMILES string of the molecule is CC(c1ccc(Cl)cc1)N1CCCC(CNC(=O)C2CCCN2)C1. The molecule has 0 spiro atoms. The number of benzene rings is 1. The number of carbonyl (C=O) groups excluding carboxylic acids is 1. The summed E-state index contributed by atoms with van der Waals surface area (Å²) in [6.45, 7) is 6.18. The van der Waals surface area contributed by atoms with Gasteiger partial charge in [0.2, 0.25) is 5.91 Å². The number of carbonyl (C=O) groups is 1. The molecule has 2 saturated heterocycles. The van der Waals surface area contributed by atoms with E-state index in [1.807, 2.05) is 12.1 Å². The molecule has 2 aliphatic heterocycles. The molecule has 0 radical (unpaired) electrons. The van der Waals surface area contributed by atoms with E-state index in [1.54, 1.807) is 0 Å². The molecule has 2 heterocycles. The lowest BCUT2D eigenvalue weighted by Crippen LogP contribution is -2.45. The number of piperidine rings is 1. The molecule has 0 saturated carbocycles. The van der Waals surface area contributed by atoms with Crippen molar-refractivity contribution in [2.75, 3.05) is 26.2 Å². The number of hydrogen-bond donors (Lipinski definition) is 2. The zero-order valence-electron chi connectivity index (χ0n) is 14.4. The van der Waals surface area contributed by atoms with Gasteiger partial charge in [0.05, 0.1) is 6.04 Å². The molecular formula is C19H28ClN3O. The Morgan fingerprint density at radius 1 is 1.33 bits per heavy atom. The molecule has 4 nitrogen and oxygen atoms in total. The summed E-state index contributed by atoms with van der Waals surface area (Å²) in [6.07, 6.45) is 4.46. The normalized spacial score (nSPS) is 26.2. The van der Waals surface area contributed by atoms with Gasteiger partial charge in [0.15, 0.2) is 0 Å². The second-order valence-corrected chi connectivity index (χ2v) is 7.56. The van der Waals surface area contributed by atoms with Gasteiger partial charge in [0.25, 0.3) is 0 Å². The second kappa shape index (κ2) is 8.32. The molecule has 0 aliphatic carbocycles. The van der Waals surface area contributed by atoms with Crippen LogP contribution in [0, 0.1) is 5.92 Å². The van der Waals surface area contributed by atoms with Crippen molar-refractivity contribution in [2.45, 2.75) is 44.7 Å². The topological polar surface area (TPSA) is 44.4 Å². The number of amides is 1. The number of nitrogens with one attached hydrogen (secondary N) is 2. The maximum absolute atomic E-state index is 12.2. The van der Waals surface area contributed by atoms with E-state index in [4.69, 9.17) is 11.6 Å². The summed E-state index contributed by atoms with van der Waals surface area (Å²) < 4.78 is 0. The quantitative estimate of drug-likeness (QED) is 0.859. The Bertz CT molecular complexity index is 542. The van der Waals surface area contributed by atoms with Crippen molar-refractivity contribution in [3.8, 4) is 0 Å². The monoisotopic (exact) mass is 349 g/mol. The lowest BCUT2D eigenvalue weighted by Gasteiger charge is -2.37. The lowest BCUT2D eigenvalue weighted by atomic mass is 9.95. The molecule has 0 aromatic heterocycles. The van der Waals surface area contributed by atoms with Crippen molar-refractivity contribution < 1.29 is 4.79 Å². The van der Waals surface area contributed by atoms with Gasteiger partial charge in [-0.3, -0.25) is 9.69 Å². The summed E-state index contributed by atoms with van der Waals surface area (Å²) in [5, 5.41) is 7.20. The number of likely N-dealkylation sites (tertiary alicyclic amines) is 1. The predicted octanol–water partition coefficient (Wildman–Crippen LogP) is 2.98. The summed E-state index contributed by atoms with van der Waals surface area (Å²) in [5.41, 5.74) is 1.30. The summed E-state index contributed by atoms with van der Waals surface area (Å²) in [7, 11) is 0. The molecule has 1 aromatic rings. The minimum Gasteiger partial charge on any atom is -0.354 e. The van der Waals surface area contributed by atoms with Gasteiger partial charge in [-0.25, -0.2) is 0 Å². The third-order valence-corrected chi connectivity index (χ3v) is 5.64. The van der Waals surface area contributed by atoms with Gasteiger partial charge >= 0.3 is 0 Å². The van der Waals surface area contributed by atoms with Crippen LogP contribution in [0.15, 0.2) is 24.3 Å². The van der Waals surface area contributed by atoms with Gasteiger partial charge in [0.1, 0.15) is 0 Å². The highest BCUT2D eigenvalue weighted by atomic mass is 35.5. The Balaban J connectivity index is 1.50. The Morgan fingerprint density at radius 2 is 2.12 bits per heavy atom. The van der Waals surface area contributed by atoms with Crippen LogP contribution in [0.1, 0.15) is 44.2 Å². The van der Waals surface area contributed by atoms with Crippen molar-refractivity contribution in [3.05, 3.63) is 34.9 Å². The molecule has 3 rings (SSSR count). The Hall–Kier alpha value is -1.10. The Labute approximate surface area is 149 Å². The van der Waals surface area contributed by atoms with E-state index in [1.165, 1.54) is 18.4 Å². The maximum atomic E-state index is 12.2. The number of hydrogen-bond acceptors (Lipinski definition) is 3. The standard InChI is InChI=1S/C19H28ClN3O/c1-14(16-6-8-17(20)9-7-16)23-11-3-4-15(13-23)12-22-19(24)18-5-2-10-21-18/h6-9,14-15,18,21H,2-5,10-13H2,1H3,(H,22,24). The van der Waals surface area contributed by atoms with Crippen LogP contribution in [0.5, 0.6) is 0 Å². The molecule has 2 fully saturated rings. The summed E-state index contributed by atoms with van der Waals surface area (Å²) in [6, 6.07) is 8.57. The van der Waals surface area contributed by atoms with Crippen LogP contribution in [0.2, 0.25) is 5.02 Å². The number of rotatable bonds is 5. The fourth-order valence-corrected chi connectivity index (χ4v) is 3.97. The van der Waals surface area contributed by atoms with Crippen LogP contribution in [-0.2, 0) is 4.79 Å². The summed E-state index contributed by atoms with van der Waals surface area (Å²) >= 11 is 5.99. The average Bonchev–Trinajstić information content (AvgIpc) is 3.15. The highest BCUT2D eigenvalue weighted by molar-refractivity contribution is 6.30. The first-order valence-electron chi connectivity index (χ1n) is 9.14. The molecule has 3 unspecified atom stereocenters. The van der Waals surface area contributed by atoms with Gasteiger partial charge < -0.3 is 10.6 Å². The van der Waals surface area contributed by atoms with Crippen LogP contribution >= 0.6 is 11.6 Å². The third kappa shape index (κ3) is 4.50. The Kier molecular flexibility index (Phi) is 6.14. The van der Waals surface area contributed by atoms with Gasteiger partial charge in [-0.2, -0.15) is 0 Å². The molecule has 1 aromatic carbocycles. The lowest BCUT2D eigenvalue weighted by molar-refractivity contribution is -0.123. The van der Waals surface area contributed by atoms with Crippen molar-refractivity contribution >= 4 is 17.5 Å². The van der Waals surface area contributed by atoms with Gasteiger partial charge in [-0.05, 0) is 69.3 Å². The molecular weight excluding hydrogens is 322 g/mol. The fourth-order valence-electron chi connectivity index (χ4n) is 3.84. The third-order valence-electron chi connectivity index (χ3n) is 5.39. The first kappa shape index (κ1) is 17.7. The van der Waals surface area contributed by atoms with Crippen molar-refractivity contribution in [1.82, 2.24) is 15.5 Å². The molecule has 132 valence electrons. The van der Waals surface area contributed by atoms with Gasteiger partial charge in [0, 0.05) is 24.2 Å². The summed E-state index contributed by atoms with van der Waals surface area (Å²) in [4.78, 5) is 14.7. The first-order valence-corrected chi connectivity index (χ1v) is 9.52. The van der Waals surface area contributed by atoms with Crippen LogP contribution in [0.25, 0.3) is 0 Å². The minimum absolute atomic E-state index is 0.0256. The smallest absolute Gasteiger partial charge is 0.237 e. The van der Waals surface area contributed by atoms with E-state index in [9.17, 15) is 4.79 Å². The molecule has 24 heavy (non-hydrogen) atoms. The van der Waals surface area contributed by atoms with Gasteiger partial charge in [-0.1, -0.05) is 23.7 Å². The fraction of sp³-hybridized carbons (Fsp3) is 0.632. The first-order chi connectivity index (χ1) is 11.6. The van der Waals surface area contributed by atoms with E-state index < -0.39 is 0 Å². The highest BCUT2D eigenvalue weighted by Crippen LogP contribution is 2.27. The molecule has 0 bridgehead atoms. The van der Waals surface area contributed by atoms with E-state index in [0.29, 0.717) is 12.0 Å². The van der Waals surface area contributed by atoms with Crippen LogP contribution in [-0.4, -0.2) is 43.0 Å². The minimum atomic E-state index is 0.0256. The largest absolute Gasteiger partial charge is 0.354 e.